The van der Waals surface area contributed by atoms with Gasteiger partial charge in [-0.2, -0.15) is 0 Å². The molecule has 6 nitrogen and oxygen atoms in total. The second kappa shape index (κ2) is 6.00. The van der Waals surface area contributed by atoms with Crippen molar-refractivity contribution in [3.8, 4) is 0 Å². The van der Waals surface area contributed by atoms with Gasteiger partial charge in [0.1, 0.15) is 5.01 Å². The summed E-state index contributed by atoms with van der Waals surface area (Å²) in [7, 11) is -0.496. The van der Waals surface area contributed by atoms with Gasteiger partial charge in [-0.05, 0) is 25.1 Å². The first-order valence-electron chi connectivity index (χ1n) is 6.30. The van der Waals surface area contributed by atoms with E-state index in [4.69, 9.17) is 5.73 Å². The van der Waals surface area contributed by atoms with Crippen LogP contribution < -0.4 is 11.1 Å². The summed E-state index contributed by atoms with van der Waals surface area (Å²) >= 11 is 1.55. The van der Waals surface area contributed by atoms with Crippen LogP contribution in [0.1, 0.15) is 18.0 Å². The highest BCUT2D eigenvalue weighted by molar-refractivity contribution is 7.89. The van der Waals surface area contributed by atoms with Crippen molar-refractivity contribution < 1.29 is 8.42 Å². The molecule has 0 amide bonds. The minimum absolute atomic E-state index is 0.00334. The summed E-state index contributed by atoms with van der Waals surface area (Å²) in [4.78, 5) is 4.41. The van der Waals surface area contributed by atoms with E-state index in [1.807, 2.05) is 12.3 Å². The number of rotatable bonds is 5. The number of nitrogens with zero attached hydrogens (tertiary/aromatic N) is 2. The average molecular weight is 326 g/mol. The molecule has 0 bridgehead atoms. The van der Waals surface area contributed by atoms with E-state index < -0.39 is 10.0 Å². The summed E-state index contributed by atoms with van der Waals surface area (Å²) in [6.45, 7) is 1.97. The number of thiazole rings is 1. The van der Waals surface area contributed by atoms with Crippen LogP contribution in [0.5, 0.6) is 0 Å². The van der Waals surface area contributed by atoms with Crippen molar-refractivity contribution in [1.29, 1.82) is 0 Å². The van der Waals surface area contributed by atoms with E-state index in [2.05, 4.69) is 10.3 Å². The summed E-state index contributed by atoms with van der Waals surface area (Å²) in [6, 6.07) is 4.69. The van der Waals surface area contributed by atoms with Gasteiger partial charge >= 0.3 is 0 Å². The standard InChI is InChI=1S/C13H18N4O2S2/c1-9(13-15-6-7-20-13)16-12-5-4-10(8-11(12)14)21(18,19)17(2)3/h4-9,16H,14H2,1-3H3. The lowest BCUT2D eigenvalue weighted by Crippen LogP contribution is -2.22. The maximum atomic E-state index is 12.0. The third-order valence-corrected chi connectivity index (χ3v) is 5.76. The first-order valence-corrected chi connectivity index (χ1v) is 8.62. The second-order valence-corrected chi connectivity index (χ2v) is 7.85. The molecule has 2 aromatic rings. The number of aromatic nitrogens is 1. The first-order chi connectivity index (χ1) is 9.82. The van der Waals surface area contributed by atoms with Gasteiger partial charge in [-0.25, -0.2) is 17.7 Å². The summed E-state index contributed by atoms with van der Waals surface area (Å²) in [5.74, 6) is 0. The zero-order chi connectivity index (χ0) is 15.6. The van der Waals surface area contributed by atoms with E-state index in [1.165, 1.54) is 20.2 Å². The van der Waals surface area contributed by atoms with Crippen LogP contribution in [0.3, 0.4) is 0 Å². The van der Waals surface area contributed by atoms with Crippen molar-refractivity contribution in [2.75, 3.05) is 25.1 Å². The Morgan fingerprint density at radius 1 is 1.38 bits per heavy atom. The summed E-state index contributed by atoms with van der Waals surface area (Å²) in [6.07, 6.45) is 1.74. The number of hydrogen-bond acceptors (Lipinski definition) is 6. The van der Waals surface area contributed by atoms with Crippen LogP contribution in [-0.2, 0) is 10.0 Å². The molecule has 1 unspecified atom stereocenters. The van der Waals surface area contributed by atoms with Crippen LogP contribution in [0.25, 0.3) is 0 Å². The zero-order valence-corrected chi connectivity index (χ0v) is 13.7. The molecule has 114 valence electrons. The number of nitrogens with one attached hydrogen (secondary N) is 1. The lowest BCUT2D eigenvalue weighted by molar-refractivity contribution is 0.521. The third-order valence-electron chi connectivity index (χ3n) is 3.00. The fourth-order valence-electron chi connectivity index (χ4n) is 1.79. The predicted octanol–water partition coefficient (Wildman–Crippen LogP) is 2.15. The van der Waals surface area contributed by atoms with Crippen LogP contribution in [-0.4, -0.2) is 31.8 Å². The monoisotopic (exact) mass is 326 g/mol. The molecule has 2 rings (SSSR count). The Balaban J connectivity index is 2.24. The molecule has 1 aromatic carbocycles. The fourth-order valence-corrected chi connectivity index (χ4v) is 3.37. The summed E-state index contributed by atoms with van der Waals surface area (Å²) < 4.78 is 25.3. The molecule has 8 heteroatoms. The molecule has 3 N–H and O–H groups in total. The molecule has 0 aliphatic rings. The van der Waals surface area contributed by atoms with Gasteiger partial charge in [-0.1, -0.05) is 0 Å². The van der Waals surface area contributed by atoms with Gasteiger partial charge in [0, 0.05) is 25.7 Å². The van der Waals surface area contributed by atoms with Gasteiger partial charge in [-0.3, -0.25) is 0 Å². The third kappa shape index (κ3) is 3.34. The number of nitrogen functional groups attached to an aromatic ring is 1. The molecule has 1 atom stereocenters. The van der Waals surface area contributed by atoms with E-state index in [0.717, 1.165) is 9.31 Å². The maximum absolute atomic E-state index is 12.0. The Bertz CT molecular complexity index is 712. The second-order valence-electron chi connectivity index (χ2n) is 4.77. The van der Waals surface area contributed by atoms with Gasteiger partial charge < -0.3 is 11.1 Å². The molecule has 1 heterocycles. The molecular weight excluding hydrogens is 308 g/mol. The first kappa shape index (κ1) is 15.7. The molecule has 21 heavy (non-hydrogen) atoms. The number of nitrogens with two attached hydrogens (primary N) is 1. The Labute approximate surface area is 128 Å². The van der Waals surface area contributed by atoms with Gasteiger partial charge in [0.2, 0.25) is 10.0 Å². The molecule has 0 radical (unpaired) electrons. The Morgan fingerprint density at radius 2 is 2.10 bits per heavy atom. The van der Waals surface area contributed by atoms with Crippen molar-refractivity contribution in [2.24, 2.45) is 0 Å². The molecule has 0 saturated heterocycles. The lowest BCUT2D eigenvalue weighted by Gasteiger charge is -2.17. The normalized spacial score (nSPS) is 13.3. The quantitative estimate of drug-likeness (QED) is 0.822. The van der Waals surface area contributed by atoms with Gasteiger partial charge in [-0.15, -0.1) is 11.3 Å². The van der Waals surface area contributed by atoms with Crippen LogP contribution in [0.15, 0.2) is 34.7 Å². The molecular formula is C13H18N4O2S2. The van der Waals surface area contributed by atoms with Crippen LogP contribution >= 0.6 is 11.3 Å². The highest BCUT2D eigenvalue weighted by Crippen LogP contribution is 2.28. The van der Waals surface area contributed by atoms with Gasteiger partial charge in [0.25, 0.3) is 0 Å². The van der Waals surface area contributed by atoms with Crippen LogP contribution in [0.2, 0.25) is 0 Å². The van der Waals surface area contributed by atoms with Crippen molar-refractivity contribution in [3.63, 3.8) is 0 Å². The zero-order valence-electron chi connectivity index (χ0n) is 12.1. The Morgan fingerprint density at radius 3 is 2.62 bits per heavy atom. The van der Waals surface area contributed by atoms with Crippen molar-refractivity contribution in [3.05, 3.63) is 34.8 Å². The Hall–Kier alpha value is -1.64. The number of hydrogen-bond donors (Lipinski definition) is 2. The predicted molar refractivity (Wildman–Crippen MR) is 85.9 cm³/mol. The van der Waals surface area contributed by atoms with Crippen molar-refractivity contribution in [2.45, 2.75) is 17.9 Å². The van der Waals surface area contributed by atoms with Gasteiger partial charge in [0.05, 0.1) is 22.3 Å². The van der Waals surface area contributed by atoms with Crippen molar-refractivity contribution >= 4 is 32.7 Å². The minimum Gasteiger partial charge on any atom is -0.397 e. The lowest BCUT2D eigenvalue weighted by atomic mass is 10.2. The van der Waals surface area contributed by atoms with Crippen LogP contribution in [0.4, 0.5) is 11.4 Å². The number of sulfonamides is 1. The smallest absolute Gasteiger partial charge is 0.242 e. The highest BCUT2D eigenvalue weighted by atomic mass is 32.2. The van der Waals surface area contributed by atoms with E-state index in [-0.39, 0.29) is 10.9 Å². The Kier molecular flexibility index (Phi) is 4.50. The molecule has 0 aliphatic carbocycles. The average Bonchev–Trinajstić information content (AvgIpc) is 2.94. The molecule has 0 saturated carbocycles. The van der Waals surface area contributed by atoms with E-state index in [0.29, 0.717) is 11.4 Å². The van der Waals surface area contributed by atoms with E-state index in [1.54, 1.807) is 29.7 Å². The molecule has 0 fully saturated rings. The largest absolute Gasteiger partial charge is 0.397 e. The topological polar surface area (TPSA) is 88.3 Å². The maximum Gasteiger partial charge on any atom is 0.242 e. The number of benzene rings is 1. The summed E-state index contributed by atoms with van der Waals surface area (Å²) in [5.41, 5.74) is 7.04. The molecule has 1 aromatic heterocycles. The molecule has 0 aliphatic heterocycles. The van der Waals surface area contributed by atoms with Crippen LogP contribution in [0, 0.1) is 0 Å². The van der Waals surface area contributed by atoms with E-state index in [9.17, 15) is 8.42 Å². The SMILES string of the molecule is CC(Nc1ccc(S(=O)(=O)N(C)C)cc1N)c1nccs1. The highest BCUT2D eigenvalue weighted by Gasteiger charge is 2.18. The van der Waals surface area contributed by atoms with E-state index >= 15 is 0 Å². The summed E-state index contributed by atoms with van der Waals surface area (Å²) in [5, 5.41) is 6.09. The van der Waals surface area contributed by atoms with Crippen molar-refractivity contribution in [1.82, 2.24) is 9.29 Å². The minimum atomic E-state index is -3.47. The number of anilines is 2. The molecule has 0 spiro atoms. The fraction of sp³-hybridized carbons (Fsp3) is 0.308. The van der Waals surface area contributed by atoms with Gasteiger partial charge in [0.15, 0.2) is 0 Å².